The maximum absolute atomic E-state index is 12.7. The number of primary amides is 1. The van der Waals surface area contributed by atoms with Gasteiger partial charge in [-0.3, -0.25) is 14.6 Å². The van der Waals surface area contributed by atoms with Gasteiger partial charge < -0.3 is 20.5 Å². The SMILES string of the molecule is NC(=O)COc1cccc(NC(=O)c2cncc(-c3ccc4c(c3)CCO4)c2)c1. The number of carbonyl (C=O) groups excluding carboxylic acids is 2. The van der Waals surface area contributed by atoms with E-state index in [0.29, 0.717) is 23.6 Å². The van der Waals surface area contributed by atoms with Crippen molar-refractivity contribution < 1.29 is 19.1 Å². The number of amides is 2. The van der Waals surface area contributed by atoms with Crippen molar-refractivity contribution in [1.29, 1.82) is 0 Å². The van der Waals surface area contributed by atoms with E-state index < -0.39 is 5.91 Å². The second-order valence-corrected chi connectivity index (χ2v) is 6.62. The summed E-state index contributed by atoms with van der Waals surface area (Å²) in [5, 5.41) is 2.81. The van der Waals surface area contributed by atoms with Gasteiger partial charge in [0.25, 0.3) is 11.8 Å². The summed E-state index contributed by atoms with van der Waals surface area (Å²) in [5.74, 6) is 0.485. The molecular formula is C22H19N3O4. The van der Waals surface area contributed by atoms with Crippen LogP contribution in [-0.4, -0.2) is 30.0 Å². The quantitative estimate of drug-likeness (QED) is 0.675. The summed E-state index contributed by atoms with van der Waals surface area (Å²) >= 11 is 0. The number of aromatic nitrogens is 1. The first kappa shape index (κ1) is 18.5. The largest absolute Gasteiger partial charge is 0.493 e. The smallest absolute Gasteiger partial charge is 0.257 e. The van der Waals surface area contributed by atoms with Crippen LogP contribution in [0.5, 0.6) is 11.5 Å². The molecule has 146 valence electrons. The number of carbonyl (C=O) groups is 2. The highest BCUT2D eigenvalue weighted by molar-refractivity contribution is 6.04. The average molecular weight is 389 g/mol. The van der Waals surface area contributed by atoms with E-state index in [1.54, 1.807) is 36.5 Å². The zero-order valence-electron chi connectivity index (χ0n) is 15.6. The van der Waals surface area contributed by atoms with Gasteiger partial charge in [0.05, 0.1) is 12.2 Å². The summed E-state index contributed by atoms with van der Waals surface area (Å²) < 4.78 is 10.8. The summed E-state index contributed by atoms with van der Waals surface area (Å²) in [6.07, 6.45) is 4.13. The molecule has 29 heavy (non-hydrogen) atoms. The van der Waals surface area contributed by atoms with Crippen molar-refractivity contribution in [2.75, 3.05) is 18.5 Å². The third-order valence-electron chi connectivity index (χ3n) is 4.50. The lowest BCUT2D eigenvalue weighted by atomic mass is 10.0. The molecule has 0 bridgehead atoms. The van der Waals surface area contributed by atoms with E-state index >= 15 is 0 Å². The summed E-state index contributed by atoms with van der Waals surface area (Å²) in [5.41, 5.74) is 9.05. The molecule has 0 aliphatic carbocycles. The summed E-state index contributed by atoms with van der Waals surface area (Å²) in [6, 6.07) is 14.5. The van der Waals surface area contributed by atoms with E-state index in [4.69, 9.17) is 15.2 Å². The Morgan fingerprint density at radius 1 is 1.10 bits per heavy atom. The maximum Gasteiger partial charge on any atom is 0.257 e. The van der Waals surface area contributed by atoms with Gasteiger partial charge in [-0.25, -0.2) is 0 Å². The van der Waals surface area contributed by atoms with E-state index in [1.165, 1.54) is 6.20 Å². The Labute approximate surface area is 167 Å². The number of anilines is 1. The van der Waals surface area contributed by atoms with E-state index in [1.807, 2.05) is 12.1 Å². The molecule has 2 aromatic carbocycles. The Hall–Kier alpha value is -3.87. The first-order valence-corrected chi connectivity index (χ1v) is 9.12. The van der Waals surface area contributed by atoms with Gasteiger partial charge in [-0.1, -0.05) is 12.1 Å². The molecule has 1 aromatic heterocycles. The molecule has 2 heterocycles. The third-order valence-corrected chi connectivity index (χ3v) is 4.50. The number of hydrogen-bond acceptors (Lipinski definition) is 5. The van der Waals surface area contributed by atoms with Crippen LogP contribution in [-0.2, 0) is 11.2 Å². The third kappa shape index (κ3) is 4.35. The fraction of sp³-hybridized carbons (Fsp3) is 0.136. The van der Waals surface area contributed by atoms with Crippen molar-refractivity contribution in [2.45, 2.75) is 6.42 Å². The molecule has 7 nitrogen and oxygen atoms in total. The summed E-state index contributed by atoms with van der Waals surface area (Å²) in [6.45, 7) is 0.469. The fourth-order valence-corrected chi connectivity index (χ4v) is 3.11. The highest BCUT2D eigenvalue weighted by Crippen LogP contribution is 2.30. The molecule has 0 atom stereocenters. The second kappa shape index (κ2) is 8.02. The van der Waals surface area contributed by atoms with E-state index in [0.717, 1.165) is 28.9 Å². The van der Waals surface area contributed by atoms with Gasteiger partial charge in [-0.15, -0.1) is 0 Å². The maximum atomic E-state index is 12.7. The van der Waals surface area contributed by atoms with Gasteiger partial charge in [-0.05, 0) is 41.5 Å². The second-order valence-electron chi connectivity index (χ2n) is 6.62. The Bertz CT molecular complexity index is 1080. The van der Waals surface area contributed by atoms with Crippen LogP contribution in [0.3, 0.4) is 0 Å². The van der Waals surface area contributed by atoms with E-state index in [9.17, 15) is 9.59 Å². The molecular weight excluding hydrogens is 370 g/mol. The number of nitrogens with two attached hydrogens (primary N) is 1. The minimum Gasteiger partial charge on any atom is -0.493 e. The van der Waals surface area contributed by atoms with Crippen molar-refractivity contribution >= 4 is 17.5 Å². The molecule has 0 spiro atoms. The Morgan fingerprint density at radius 2 is 2.00 bits per heavy atom. The molecule has 1 aliphatic rings. The molecule has 0 radical (unpaired) electrons. The predicted molar refractivity (Wildman–Crippen MR) is 108 cm³/mol. The van der Waals surface area contributed by atoms with Crippen LogP contribution < -0.4 is 20.5 Å². The van der Waals surface area contributed by atoms with Crippen LogP contribution in [0.15, 0.2) is 60.9 Å². The van der Waals surface area contributed by atoms with Crippen molar-refractivity contribution in [2.24, 2.45) is 5.73 Å². The normalized spacial score (nSPS) is 12.0. The molecule has 0 unspecified atom stereocenters. The van der Waals surface area contributed by atoms with Crippen LogP contribution in [0, 0.1) is 0 Å². The molecule has 0 saturated heterocycles. The number of benzene rings is 2. The molecule has 4 rings (SSSR count). The monoisotopic (exact) mass is 389 g/mol. The first-order chi connectivity index (χ1) is 14.1. The number of fused-ring (bicyclic) bond motifs is 1. The van der Waals surface area contributed by atoms with Crippen LogP contribution >= 0.6 is 0 Å². The lowest BCUT2D eigenvalue weighted by Gasteiger charge is -2.09. The summed E-state index contributed by atoms with van der Waals surface area (Å²) in [7, 11) is 0. The van der Waals surface area contributed by atoms with Gasteiger partial charge in [0.2, 0.25) is 0 Å². The van der Waals surface area contributed by atoms with E-state index in [2.05, 4.69) is 16.4 Å². The molecule has 2 amide bonds. The van der Waals surface area contributed by atoms with Gasteiger partial charge in [0.1, 0.15) is 11.5 Å². The van der Waals surface area contributed by atoms with Crippen molar-refractivity contribution in [3.8, 4) is 22.6 Å². The first-order valence-electron chi connectivity index (χ1n) is 9.12. The Balaban J connectivity index is 1.50. The molecule has 0 saturated carbocycles. The predicted octanol–water partition coefficient (Wildman–Crippen LogP) is 2.80. The van der Waals surface area contributed by atoms with E-state index in [-0.39, 0.29) is 12.5 Å². The van der Waals surface area contributed by atoms with Crippen molar-refractivity contribution in [3.63, 3.8) is 0 Å². The lowest BCUT2D eigenvalue weighted by Crippen LogP contribution is -2.20. The topological polar surface area (TPSA) is 104 Å². The number of ether oxygens (including phenoxy) is 2. The fourth-order valence-electron chi connectivity index (χ4n) is 3.11. The zero-order chi connectivity index (χ0) is 20.2. The number of nitrogens with zero attached hydrogens (tertiary/aromatic N) is 1. The Kier molecular flexibility index (Phi) is 5.11. The molecule has 7 heteroatoms. The minimum atomic E-state index is -0.569. The standard InChI is InChI=1S/C22H19N3O4/c23-21(26)13-29-19-3-1-2-18(10-19)25-22(27)17-9-16(11-24-12-17)14-4-5-20-15(8-14)6-7-28-20/h1-5,8-12H,6-7,13H2,(H2,23,26)(H,25,27). The highest BCUT2D eigenvalue weighted by Gasteiger charge is 2.14. The molecule has 1 aliphatic heterocycles. The number of pyridine rings is 1. The van der Waals surface area contributed by atoms with Gasteiger partial charge in [0, 0.05) is 36.1 Å². The number of rotatable bonds is 6. The number of nitrogens with one attached hydrogen (secondary N) is 1. The van der Waals surface area contributed by atoms with Gasteiger partial charge in [-0.2, -0.15) is 0 Å². The highest BCUT2D eigenvalue weighted by atomic mass is 16.5. The minimum absolute atomic E-state index is 0.227. The van der Waals surface area contributed by atoms with Crippen LogP contribution in [0.1, 0.15) is 15.9 Å². The zero-order valence-corrected chi connectivity index (χ0v) is 15.6. The van der Waals surface area contributed by atoms with Gasteiger partial charge in [0.15, 0.2) is 6.61 Å². The van der Waals surface area contributed by atoms with Crippen LogP contribution in [0.4, 0.5) is 5.69 Å². The lowest BCUT2D eigenvalue weighted by molar-refractivity contribution is -0.119. The van der Waals surface area contributed by atoms with Crippen LogP contribution in [0.25, 0.3) is 11.1 Å². The molecule has 0 fully saturated rings. The summed E-state index contributed by atoms with van der Waals surface area (Å²) in [4.78, 5) is 27.7. The van der Waals surface area contributed by atoms with Gasteiger partial charge >= 0.3 is 0 Å². The average Bonchev–Trinajstić information content (AvgIpc) is 3.20. The Morgan fingerprint density at radius 3 is 2.86 bits per heavy atom. The molecule has 3 N–H and O–H groups in total. The van der Waals surface area contributed by atoms with Crippen LogP contribution in [0.2, 0.25) is 0 Å². The van der Waals surface area contributed by atoms with Crippen molar-refractivity contribution in [1.82, 2.24) is 4.98 Å². The molecule has 3 aromatic rings. The van der Waals surface area contributed by atoms with Crippen molar-refractivity contribution in [3.05, 3.63) is 72.1 Å². The number of hydrogen-bond donors (Lipinski definition) is 2.